The minimum atomic E-state index is -0.814. The summed E-state index contributed by atoms with van der Waals surface area (Å²) < 4.78 is 23.2. The lowest BCUT2D eigenvalue weighted by atomic mass is 9.70. The van der Waals surface area contributed by atoms with Gasteiger partial charge in [0.25, 0.3) is 0 Å². The Hall–Kier alpha value is -1.34. The van der Waals surface area contributed by atoms with Gasteiger partial charge in [-0.1, -0.05) is 6.92 Å². The second kappa shape index (κ2) is 5.35. The summed E-state index contributed by atoms with van der Waals surface area (Å²) >= 11 is 0. The molecule has 4 aliphatic rings. The van der Waals surface area contributed by atoms with Crippen LogP contribution in [0.15, 0.2) is 0 Å². The number of hydrogen-bond acceptors (Lipinski definition) is 6. The highest BCUT2D eigenvalue weighted by atomic mass is 16.7. The maximum atomic E-state index is 12.9. The first-order valence-corrected chi connectivity index (χ1v) is 9.48. The van der Waals surface area contributed by atoms with Gasteiger partial charge in [0.05, 0.1) is 24.3 Å². The number of nitrogens with zero attached hydrogens (tertiary/aromatic N) is 1. The fourth-order valence-corrected chi connectivity index (χ4v) is 4.95. The van der Waals surface area contributed by atoms with Crippen LogP contribution in [0.1, 0.15) is 54.4 Å². The predicted molar refractivity (Wildman–Crippen MR) is 91.3 cm³/mol. The maximum Gasteiger partial charge on any atom is 0.410 e. The molecular formula is C19H29NO6. The molecule has 0 radical (unpaired) electrons. The van der Waals surface area contributed by atoms with Gasteiger partial charge in [-0.05, 0) is 41.0 Å². The second-order valence-electron chi connectivity index (χ2n) is 9.45. The summed E-state index contributed by atoms with van der Waals surface area (Å²) in [4.78, 5) is 27.2. The van der Waals surface area contributed by atoms with Crippen molar-refractivity contribution >= 4 is 12.1 Å². The Morgan fingerprint density at radius 1 is 1.12 bits per heavy atom. The van der Waals surface area contributed by atoms with Crippen LogP contribution in [0.3, 0.4) is 0 Å². The van der Waals surface area contributed by atoms with Crippen molar-refractivity contribution in [2.75, 3.05) is 6.61 Å². The normalized spacial score (nSPS) is 45.9. The summed E-state index contributed by atoms with van der Waals surface area (Å²) in [6, 6.07) is 0.0219. The second-order valence-corrected chi connectivity index (χ2v) is 9.45. The zero-order chi connectivity index (χ0) is 19.1. The number of carbonyl (C=O) groups is 2. The van der Waals surface area contributed by atoms with Crippen molar-refractivity contribution in [1.82, 2.24) is 4.90 Å². The van der Waals surface area contributed by atoms with Gasteiger partial charge in [0.1, 0.15) is 17.6 Å². The van der Waals surface area contributed by atoms with Crippen LogP contribution < -0.4 is 0 Å². The van der Waals surface area contributed by atoms with Gasteiger partial charge < -0.3 is 18.9 Å². The summed E-state index contributed by atoms with van der Waals surface area (Å²) in [5, 5.41) is 0. The number of fused-ring (bicyclic) bond motifs is 2. The van der Waals surface area contributed by atoms with Crippen LogP contribution in [0.2, 0.25) is 0 Å². The molecule has 0 aromatic heterocycles. The van der Waals surface area contributed by atoms with Gasteiger partial charge in [0.2, 0.25) is 0 Å². The average Bonchev–Trinajstić information content (AvgIpc) is 2.93. The quantitative estimate of drug-likeness (QED) is 0.551. The molecule has 4 saturated heterocycles. The van der Waals surface area contributed by atoms with Gasteiger partial charge in [-0.2, -0.15) is 0 Å². The molecular weight excluding hydrogens is 338 g/mol. The fourth-order valence-electron chi connectivity index (χ4n) is 4.95. The molecule has 4 fully saturated rings. The molecule has 4 aliphatic heterocycles. The molecule has 4 rings (SSSR count). The van der Waals surface area contributed by atoms with Crippen LogP contribution in [-0.4, -0.2) is 59.2 Å². The Kier molecular flexibility index (Phi) is 3.71. The Labute approximate surface area is 154 Å². The van der Waals surface area contributed by atoms with Gasteiger partial charge in [-0.25, -0.2) is 4.79 Å². The summed E-state index contributed by atoms with van der Waals surface area (Å²) in [6.45, 7) is 12.1. The summed E-state index contributed by atoms with van der Waals surface area (Å²) in [5.74, 6) is -0.993. The Morgan fingerprint density at radius 3 is 2.42 bits per heavy atom. The first kappa shape index (κ1) is 18.0. The van der Waals surface area contributed by atoms with Crippen molar-refractivity contribution < 1.29 is 28.5 Å². The van der Waals surface area contributed by atoms with E-state index in [0.717, 1.165) is 0 Å². The van der Waals surface area contributed by atoms with Gasteiger partial charge in [-0.3, -0.25) is 9.69 Å². The highest BCUT2D eigenvalue weighted by molar-refractivity contribution is 5.82. The van der Waals surface area contributed by atoms with Crippen LogP contribution in [0.4, 0.5) is 4.79 Å². The van der Waals surface area contributed by atoms with Crippen LogP contribution in [0.25, 0.3) is 0 Å². The molecule has 0 aliphatic carbocycles. The van der Waals surface area contributed by atoms with E-state index in [1.807, 2.05) is 41.5 Å². The third-order valence-corrected chi connectivity index (χ3v) is 6.70. The van der Waals surface area contributed by atoms with E-state index >= 15 is 0 Å². The van der Waals surface area contributed by atoms with Crippen LogP contribution >= 0.6 is 0 Å². The number of cyclic esters (lactones) is 1. The molecule has 0 aromatic carbocycles. The van der Waals surface area contributed by atoms with Crippen molar-refractivity contribution in [2.45, 2.75) is 90.1 Å². The van der Waals surface area contributed by atoms with E-state index in [9.17, 15) is 9.59 Å². The first-order valence-electron chi connectivity index (χ1n) is 9.48. The third kappa shape index (κ3) is 2.54. The molecule has 0 unspecified atom stereocenters. The van der Waals surface area contributed by atoms with Gasteiger partial charge in [-0.15, -0.1) is 0 Å². The predicted octanol–water partition coefficient (Wildman–Crippen LogP) is 2.47. The van der Waals surface area contributed by atoms with Crippen molar-refractivity contribution in [3.8, 4) is 0 Å². The molecule has 0 spiro atoms. The molecule has 0 N–H and O–H groups in total. The average molecular weight is 367 g/mol. The largest absolute Gasteiger partial charge is 0.461 e. The van der Waals surface area contributed by atoms with E-state index < -0.39 is 17.3 Å². The van der Waals surface area contributed by atoms with E-state index in [2.05, 4.69) is 0 Å². The molecule has 26 heavy (non-hydrogen) atoms. The maximum absolute atomic E-state index is 12.9. The fraction of sp³-hybridized carbons (Fsp3) is 0.895. The number of ether oxygens (including phenoxy) is 4. The summed E-state index contributed by atoms with van der Waals surface area (Å²) in [7, 11) is 0. The molecule has 4 heterocycles. The lowest BCUT2D eigenvalue weighted by molar-refractivity contribution is -0.198. The molecule has 146 valence electrons. The molecule has 0 bridgehead atoms. The topological polar surface area (TPSA) is 74.1 Å². The Balaban J connectivity index is 1.53. The molecule has 6 atom stereocenters. The van der Waals surface area contributed by atoms with Crippen LogP contribution in [0, 0.1) is 11.3 Å². The minimum Gasteiger partial charge on any atom is -0.461 e. The number of carbonyl (C=O) groups excluding carboxylic acids is 2. The molecule has 7 nitrogen and oxygen atoms in total. The van der Waals surface area contributed by atoms with E-state index in [1.165, 1.54) is 0 Å². The summed E-state index contributed by atoms with van der Waals surface area (Å²) in [5.41, 5.74) is -1.07. The zero-order valence-electron chi connectivity index (χ0n) is 16.4. The molecule has 0 saturated carbocycles. The minimum absolute atomic E-state index is 0.0219. The van der Waals surface area contributed by atoms with Crippen LogP contribution in [-0.2, 0) is 23.7 Å². The first-order chi connectivity index (χ1) is 12.0. The number of amides is 1. The lowest BCUT2D eigenvalue weighted by Crippen LogP contribution is -2.56. The Morgan fingerprint density at radius 2 is 1.81 bits per heavy atom. The summed E-state index contributed by atoms with van der Waals surface area (Å²) in [6.07, 6.45) is -0.183. The van der Waals surface area contributed by atoms with Crippen molar-refractivity contribution in [3.63, 3.8) is 0 Å². The zero-order valence-corrected chi connectivity index (χ0v) is 16.4. The SMILES string of the molecule is C[C@@H]1[C@@H](C[C@H]2COC(C)(C)O2)OC(=O)[C@@]2(C)C[C@H]3N(C(=O)O[C@@H]12)C3(C)C. The number of esters is 1. The number of rotatable bonds is 2. The number of hydrogen-bond donors (Lipinski definition) is 0. The van der Waals surface area contributed by atoms with E-state index in [-0.39, 0.29) is 41.8 Å². The molecule has 7 heteroatoms. The van der Waals surface area contributed by atoms with Gasteiger partial charge in [0.15, 0.2) is 5.79 Å². The molecule has 0 aromatic rings. The van der Waals surface area contributed by atoms with E-state index in [0.29, 0.717) is 19.4 Å². The lowest BCUT2D eigenvalue weighted by Gasteiger charge is -2.45. The van der Waals surface area contributed by atoms with Crippen molar-refractivity contribution in [1.29, 1.82) is 0 Å². The van der Waals surface area contributed by atoms with Crippen LogP contribution in [0.5, 0.6) is 0 Å². The van der Waals surface area contributed by atoms with Gasteiger partial charge >= 0.3 is 12.1 Å². The van der Waals surface area contributed by atoms with E-state index in [1.54, 1.807) is 4.90 Å². The smallest absolute Gasteiger partial charge is 0.410 e. The van der Waals surface area contributed by atoms with Crippen molar-refractivity contribution in [2.24, 2.45) is 11.3 Å². The Bertz CT molecular complexity index is 646. The molecule has 1 amide bonds. The van der Waals surface area contributed by atoms with Gasteiger partial charge in [0, 0.05) is 12.3 Å². The highest BCUT2D eigenvalue weighted by Crippen LogP contribution is 2.54. The third-order valence-electron chi connectivity index (χ3n) is 6.70. The monoisotopic (exact) mass is 367 g/mol. The highest BCUT2D eigenvalue weighted by Gasteiger charge is 2.68. The standard InChI is InChI=1S/C19H29NO6/c1-10-12(7-11-9-23-18(4,5)26-11)24-15(21)19(6)8-13-17(2,3)20(13)16(22)25-14(10)19/h10-14H,7-9H2,1-6H3/t10-,11+,12-,13-,14+,19+,20?/m1/s1. The van der Waals surface area contributed by atoms with Crippen molar-refractivity contribution in [3.05, 3.63) is 0 Å². The van der Waals surface area contributed by atoms with E-state index in [4.69, 9.17) is 18.9 Å².